The van der Waals surface area contributed by atoms with E-state index in [0.29, 0.717) is 10.7 Å². The topological polar surface area (TPSA) is 50.3 Å². The van der Waals surface area contributed by atoms with E-state index in [9.17, 15) is 8.42 Å². The Morgan fingerprint density at radius 3 is 2.39 bits per heavy atom. The van der Waals surface area contributed by atoms with Gasteiger partial charge in [0.05, 0.1) is 17.3 Å². The third-order valence-electron chi connectivity index (χ3n) is 4.46. The maximum absolute atomic E-state index is 13.6. The summed E-state index contributed by atoms with van der Waals surface area (Å²) in [5.74, 6) is 0. The van der Waals surface area contributed by atoms with Crippen molar-refractivity contribution in [3.05, 3.63) is 93.7 Å². The number of sulfonamides is 1. The van der Waals surface area contributed by atoms with Crippen molar-refractivity contribution in [3.8, 4) is 0 Å². The lowest BCUT2D eigenvalue weighted by molar-refractivity contribution is 0.332. The first-order valence-electron chi connectivity index (χ1n) is 8.73. The number of nitrogens with zero attached hydrogens (tertiary/aromatic N) is 2. The molecule has 1 heterocycles. The molecule has 1 unspecified atom stereocenters. The molecule has 0 radical (unpaired) electrons. The summed E-state index contributed by atoms with van der Waals surface area (Å²) < 4.78 is 28.5. The van der Waals surface area contributed by atoms with Crippen LogP contribution in [0.5, 0.6) is 0 Å². The zero-order valence-electron chi connectivity index (χ0n) is 15.5. The monoisotopic (exact) mass is 434 g/mol. The Balaban J connectivity index is 2.10. The molecule has 1 aromatic heterocycles. The molecule has 2 aromatic carbocycles. The van der Waals surface area contributed by atoms with Gasteiger partial charge in [0, 0.05) is 16.8 Å². The summed E-state index contributed by atoms with van der Waals surface area (Å²) in [4.78, 5) is 4.45. The van der Waals surface area contributed by atoms with Crippen LogP contribution in [0.15, 0.2) is 71.6 Å². The van der Waals surface area contributed by atoms with Crippen LogP contribution < -0.4 is 0 Å². The minimum absolute atomic E-state index is 0.0166. The molecule has 3 rings (SSSR count). The summed E-state index contributed by atoms with van der Waals surface area (Å²) in [5, 5.41) is 0.441. The number of rotatable bonds is 6. The minimum atomic E-state index is -3.94. The molecular formula is C21H20Cl2N2O2S. The number of benzene rings is 2. The van der Waals surface area contributed by atoms with Crippen LogP contribution in [0.25, 0.3) is 0 Å². The molecule has 0 aliphatic rings. The summed E-state index contributed by atoms with van der Waals surface area (Å²) in [6.07, 6.45) is 0. The Kier molecular flexibility index (Phi) is 6.40. The van der Waals surface area contributed by atoms with Crippen molar-refractivity contribution in [2.24, 2.45) is 0 Å². The van der Waals surface area contributed by atoms with Crippen molar-refractivity contribution in [1.29, 1.82) is 0 Å². The van der Waals surface area contributed by atoms with Crippen LogP contribution in [0.3, 0.4) is 0 Å². The predicted molar refractivity (Wildman–Crippen MR) is 113 cm³/mol. The molecule has 146 valence electrons. The van der Waals surface area contributed by atoms with Crippen LogP contribution in [0.2, 0.25) is 10.0 Å². The number of pyridine rings is 1. The SMILES string of the molecule is Cc1cccc(CN(C(C)c2ccccc2)S(=O)(=O)c2cc(Cl)ccc2Cl)n1. The largest absolute Gasteiger partial charge is 0.257 e. The van der Waals surface area contributed by atoms with Gasteiger partial charge in [0.25, 0.3) is 0 Å². The zero-order chi connectivity index (χ0) is 20.3. The first-order chi connectivity index (χ1) is 13.3. The quantitative estimate of drug-likeness (QED) is 0.503. The van der Waals surface area contributed by atoms with Gasteiger partial charge in [-0.05, 0) is 49.7 Å². The molecule has 0 aliphatic carbocycles. The molecule has 0 saturated carbocycles. The Morgan fingerprint density at radius 2 is 1.71 bits per heavy atom. The Morgan fingerprint density at radius 1 is 1.00 bits per heavy atom. The number of aryl methyl sites for hydroxylation is 1. The van der Waals surface area contributed by atoms with Crippen LogP contribution >= 0.6 is 23.2 Å². The van der Waals surface area contributed by atoms with Crippen molar-refractivity contribution in [3.63, 3.8) is 0 Å². The molecule has 1 atom stereocenters. The molecule has 0 N–H and O–H groups in total. The van der Waals surface area contributed by atoms with Gasteiger partial charge in [-0.1, -0.05) is 59.6 Å². The van der Waals surface area contributed by atoms with Crippen LogP contribution in [-0.4, -0.2) is 17.7 Å². The van der Waals surface area contributed by atoms with Gasteiger partial charge in [-0.3, -0.25) is 4.98 Å². The average molecular weight is 435 g/mol. The van der Waals surface area contributed by atoms with Gasteiger partial charge >= 0.3 is 0 Å². The number of hydrogen-bond acceptors (Lipinski definition) is 3. The number of hydrogen-bond donors (Lipinski definition) is 0. The van der Waals surface area contributed by atoms with E-state index in [4.69, 9.17) is 23.2 Å². The summed E-state index contributed by atoms with van der Waals surface area (Å²) in [6.45, 7) is 3.83. The fraction of sp³-hybridized carbons (Fsp3) is 0.190. The third-order valence-corrected chi connectivity index (χ3v) is 7.09. The maximum atomic E-state index is 13.6. The van der Waals surface area contributed by atoms with Gasteiger partial charge in [-0.2, -0.15) is 4.31 Å². The molecule has 28 heavy (non-hydrogen) atoms. The average Bonchev–Trinajstić information content (AvgIpc) is 2.68. The van der Waals surface area contributed by atoms with E-state index in [-0.39, 0.29) is 16.5 Å². The van der Waals surface area contributed by atoms with E-state index in [1.54, 1.807) is 6.07 Å². The Labute approximate surface area is 175 Å². The second-order valence-corrected chi connectivity index (χ2v) is 9.18. The van der Waals surface area contributed by atoms with E-state index < -0.39 is 16.1 Å². The number of halogens is 2. The first kappa shape index (κ1) is 20.8. The van der Waals surface area contributed by atoms with E-state index in [2.05, 4.69) is 4.98 Å². The Bertz CT molecular complexity index is 1070. The molecule has 7 heteroatoms. The lowest BCUT2D eigenvalue weighted by Crippen LogP contribution is -2.33. The van der Waals surface area contributed by atoms with Gasteiger partial charge in [0.1, 0.15) is 4.90 Å². The molecule has 0 aliphatic heterocycles. The molecule has 0 spiro atoms. The van der Waals surface area contributed by atoms with Crippen LogP contribution in [0, 0.1) is 6.92 Å². The molecule has 0 bridgehead atoms. The molecule has 0 fully saturated rings. The van der Waals surface area contributed by atoms with Crippen molar-refractivity contribution < 1.29 is 8.42 Å². The summed E-state index contributed by atoms with van der Waals surface area (Å²) >= 11 is 12.3. The standard InChI is InChI=1S/C21H20Cl2N2O2S/c1-15-7-6-10-19(24-15)14-25(16(2)17-8-4-3-5-9-17)28(26,27)21-13-18(22)11-12-20(21)23/h3-13,16H,14H2,1-2H3. The fourth-order valence-corrected chi connectivity index (χ4v) is 5.31. The molecule has 4 nitrogen and oxygen atoms in total. The molecule has 0 saturated heterocycles. The van der Waals surface area contributed by atoms with E-state index in [1.807, 2.05) is 62.4 Å². The third kappa shape index (κ3) is 4.55. The molecule has 0 amide bonds. The highest BCUT2D eigenvalue weighted by molar-refractivity contribution is 7.89. The highest BCUT2D eigenvalue weighted by Crippen LogP contribution is 2.33. The highest BCUT2D eigenvalue weighted by Gasteiger charge is 2.32. The van der Waals surface area contributed by atoms with Crippen molar-refractivity contribution in [2.75, 3.05) is 0 Å². The van der Waals surface area contributed by atoms with Gasteiger partial charge in [0.2, 0.25) is 10.0 Å². The van der Waals surface area contributed by atoms with Crippen LogP contribution in [0.4, 0.5) is 0 Å². The van der Waals surface area contributed by atoms with Gasteiger partial charge in [-0.25, -0.2) is 8.42 Å². The molecular weight excluding hydrogens is 415 g/mol. The Hall–Kier alpha value is -1.92. The van der Waals surface area contributed by atoms with E-state index in [1.165, 1.54) is 16.4 Å². The zero-order valence-corrected chi connectivity index (χ0v) is 17.8. The summed E-state index contributed by atoms with van der Waals surface area (Å²) in [7, 11) is -3.94. The fourth-order valence-electron chi connectivity index (χ4n) is 2.98. The second kappa shape index (κ2) is 8.62. The van der Waals surface area contributed by atoms with Gasteiger partial charge in [0.15, 0.2) is 0 Å². The van der Waals surface area contributed by atoms with Crippen LogP contribution in [0.1, 0.15) is 29.9 Å². The normalized spacial score (nSPS) is 12.9. The van der Waals surface area contributed by atoms with Crippen LogP contribution in [-0.2, 0) is 16.6 Å². The van der Waals surface area contributed by atoms with Crippen molar-refractivity contribution in [2.45, 2.75) is 31.3 Å². The van der Waals surface area contributed by atoms with Gasteiger partial charge in [-0.15, -0.1) is 0 Å². The lowest BCUT2D eigenvalue weighted by Gasteiger charge is -2.29. The predicted octanol–water partition coefficient (Wildman–Crippen LogP) is 5.65. The second-order valence-electron chi connectivity index (χ2n) is 6.48. The summed E-state index contributed by atoms with van der Waals surface area (Å²) in [6, 6.07) is 19.0. The van der Waals surface area contributed by atoms with Gasteiger partial charge < -0.3 is 0 Å². The summed E-state index contributed by atoms with van der Waals surface area (Å²) in [5.41, 5.74) is 2.35. The first-order valence-corrected chi connectivity index (χ1v) is 10.9. The number of aromatic nitrogens is 1. The smallest absolute Gasteiger partial charge is 0.245 e. The minimum Gasteiger partial charge on any atom is -0.257 e. The highest BCUT2D eigenvalue weighted by atomic mass is 35.5. The maximum Gasteiger partial charge on any atom is 0.245 e. The van der Waals surface area contributed by atoms with Crippen molar-refractivity contribution in [1.82, 2.24) is 9.29 Å². The van der Waals surface area contributed by atoms with E-state index >= 15 is 0 Å². The van der Waals surface area contributed by atoms with Crippen molar-refractivity contribution >= 4 is 33.2 Å². The molecule has 3 aromatic rings. The van der Waals surface area contributed by atoms with E-state index in [0.717, 1.165) is 11.3 Å². The lowest BCUT2D eigenvalue weighted by atomic mass is 10.1.